The van der Waals surface area contributed by atoms with Gasteiger partial charge in [-0.25, -0.2) is 8.42 Å². The van der Waals surface area contributed by atoms with Gasteiger partial charge in [0.2, 0.25) is 0 Å². The molecule has 1 fully saturated rings. The number of rotatable bonds is 4. The Morgan fingerprint density at radius 2 is 2.00 bits per heavy atom. The molecule has 18 heavy (non-hydrogen) atoms. The largest absolute Gasteiger partial charge is 0.390 e. The number of aliphatic hydroxyl groups is 1. The van der Waals surface area contributed by atoms with E-state index >= 15 is 0 Å². The zero-order valence-corrected chi connectivity index (χ0v) is 11.2. The minimum Gasteiger partial charge on any atom is -0.390 e. The lowest BCUT2D eigenvalue weighted by Crippen LogP contribution is -2.44. The molecule has 3 atom stereocenters. The minimum atomic E-state index is -3.08. The van der Waals surface area contributed by atoms with Crippen molar-refractivity contribution in [2.75, 3.05) is 11.5 Å². The second-order valence-electron chi connectivity index (χ2n) is 5.01. The zero-order valence-electron chi connectivity index (χ0n) is 10.4. The smallest absolute Gasteiger partial charge is 0.154 e. The van der Waals surface area contributed by atoms with Gasteiger partial charge in [0.05, 0.1) is 17.6 Å². The summed E-state index contributed by atoms with van der Waals surface area (Å²) in [6.45, 7) is 2.00. The Morgan fingerprint density at radius 1 is 1.33 bits per heavy atom. The van der Waals surface area contributed by atoms with Gasteiger partial charge in [0, 0.05) is 12.1 Å². The third-order valence-electron chi connectivity index (χ3n) is 3.21. The monoisotopic (exact) mass is 269 g/mol. The number of aliphatic hydroxyl groups excluding tert-OH is 1. The lowest BCUT2D eigenvalue weighted by Gasteiger charge is -2.21. The molecule has 5 heteroatoms. The molecule has 2 N–H and O–H groups in total. The summed E-state index contributed by atoms with van der Waals surface area (Å²) in [5.41, 5.74) is 1.20. The summed E-state index contributed by atoms with van der Waals surface area (Å²) in [7, 11) is -3.08. The fourth-order valence-corrected chi connectivity index (χ4v) is 4.13. The van der Waals surface area contributed by atoms with Crippen molar-refractivity contribution in [2.45, 2.75) is 31.5 Å². The first-order chi connectivity index (χ1) is 8.46. The molecular formula is C13H19NO3S. The van der Waals surface area contributed by atoms with Crippen LogP contribution in [0.5, 0.6) is 0 Å². The Kier molecular flexibility index (Phi) is 4.04. The highest BCUT2D eigenvalue weighted by molar-refractivity contribution is 7.91. The van der Waals surface area contributed by atoms with Crippen LogP contribution >= 0.6 is 0 Å². The van der Waals surface area contributed by atoms with E-state index in [0.717, 1.165) is 6.42 Å². The highest BCUT2D eigenvalue weighted by Gasteiger charge is 2.36. The molecule has 3 unspecified atom stereocenters. The van der Waals surface area contributed by atoms with Crippen LogP contribution in [-0.2, 0) is 16.3 Å². The molecule has 1 aromatic rings. The summed E-state index contributed by atoms with van der Waals surface area (Å²) >= 11 is 0. The molecule has 4 nitrogen and oxygen atoms in total. The Bertz CT molecular complexity index is 486. The van der Waals surface area contributed by atoms with E-state index in [1.54, 1.807) is 0 Å². The fourth-order valence-electron chi connectivity index (χ4n) is 2.38. The van der Waals surface area contributed by atoms with E-state index < -0.39 is 15.9 Å². The number of nitrogens with one attached hydrogen (secondary N) is 1. The molecule has 0 aliphatic carbocycles. The van der Waals surface area contributed by atoms with Crippen LogP contribution < -0.4 is 5.32 Å². The number of hydrogen-bond donors (Lipinski definition) is 2. The van der Waals surface area contributed by atoms with Crippen molar-refractivity contribution in [1.82, 2.24) is 5.32 Å². The van der Waals surface area contributed by atoms with Crippen LogP contribution in [0.4, 0.5) is 0 Å². The van der Waals surface area contributed by atoms with Gasteiger partial charge in [-0.1, -0.05) is 30.3 Å². The van der Waals surface area contributed by atoms with E-state index in [2.05, 4.69) is 5.32 Å². The molecule has 0 aromatic heterocycles. The van der Waals surface area contributed by atoms with Crippen LogP contribution in [0.25, 0.3) is 0 Å². The highest BCUT2D eigenvalue weighted by atomic mass is 32.2. The van der Waals surface area contributed by atoms with Crippen LogP contribution in [0.3, 0.4) is 0 Å². The van der Waals surface area contributed by atoms with Gasteiger partial charge in [-0.05, 0) is 18.9 Å². The fraction of sp³-hybridized carbons (Fsp3) is 0.538. The van der Waals surface area contributed by atoms with Crippen LogP contribution in [0.15, 0.2) is 30.3 Å². The molecule has 0 amide bonds. The zero-order chi connectivity index (χ0) is 13.2. The first kappa shape index (κ1) is 13.5. The van der Waals surface area contributed by atoms with E-state index in [0.29, 0.717) is 0 Å². The molecule has 1 heterocycles. The SMILES string of the molecule is CC(Cc1ccccc1)NC1CS(=O)(=O)CC1O. The van der Waals surface area contributed by atoms with Crippen molar-refractivity contribution in [1.29, 1.82) is 0 Å². The van der Waals surface area contributed by atoms with Crippen LogP contribution in [0, 0.1) is 0 Å². The Labute approximate surface area is 108 Å². The summed E-state index contributed by atoms with van der Waals surface area (Å²) in [6, 6.07) is 9.82. The molecule has 0 saturated carbocycles. The summed E-state index contributed by atoms with van der Waals surface area (Å²) in [5, 5.41) is 12.9. The maximum atomic E-state index is 11.4. The minimum absolute atomic E-state index is 0.0350. The molecule has 0 spiro atoms. The summed E-state index contributed by atoms with van der Waals surface area (Å²) in [5.74, 6) is -0.0873. The molecule has 1 aliphatic rings. The van der Waals surface area contributed by atoms with Gasteiger partial charge in [0.15, 0.2) is 9.84 Å². The van der Waals surface area contributed by atoms with E-state index in [-0.39, 0.29) is 23.6 Å². The van der Waals surface area contributed by atoms with Gasteiger partial charge in [0.1, 0.15) is 0 Å². The molecule has 1 aromatic carbocycles. The van der Waals surface area contributed by atoms with E-state index in [4.69, 9.17) is 0 Å². The normalized spacial score (nSPS) is 28.1. The molecular weight excluding hydrogens is 250 g/mol. The number of benzene rings is 1. The molecule has 0 radical (unpaired) electrons. The molecule has 2 rings (SSSR count). The van der Waals surface area contributed by atoms with Crippen molar-refractivity contribution in [3.05, 3.63) is 35.9 Å². The Hall–Kier alpha value is -0.910. The Morgan fingerprint density at radius 3 is 2.56 bits per heavy atom. The molecule has 1 saturated heterocycles. The quantitative estimate of drug-likeness (QED) is 0.828. The first-order valence-electron chi connectivity index (χ1n) is 6.15. The molecule has 0 bridgehead atoms. The average Bonchev–Trinajstić information content (AvgIpc) is 2.53. The third-order valence-corrected chi connectivity index (χ3v) is 4.92. The topological polar surface area (TPSA) is 66.4 Å². The highest BCUT2D eigenvalue weighted by Crippen LogP contribution is 2.14. The van der Waals surface area contributed by atoms with Gasteiger partial charge < -0.3 is 10.4 Å². The van der Waals surface area contributed by atoms with E-state index in [9.17, 15) is 13.5 Å². The summed E-state index contributed by atoms with van der Waals surface area (Å²) < 4.78 is 22.8. The maximum Gasteiger partial charge on any atom is 0.154 e. The summed E-state index contributed by atoms with van der Waals surface area (Å²) in [4.78, 5) is 0. The van der Waals surface area contributed by atoms with Crippen molar-refractivity contribution in [3.8, 4) is 0 Å². The van der Waals surface area contributed by atoms with Crippen molar-refractivity contribution in [2.24, 2.45) is 0 Å². The van der Waals surface area contributed by atoms with Crippen LogP contribution in [0.2, 0.25) is 0 Å². The molecule has 100 valence electrons. The lowest BCUT2D eigenvalue weighted by molar-refractivity contribution is 0.160. The summed E-state index contributed by atoms with van der Waals surface area (Å²) in [6.07, 6.45) is 0.0395. The van der Waals surface area contributed by atoms with Crippen molar-refractivity contribution < 1.29 is 13.5 Å². The second kappa shape index (κ2) is 5.38. The lowest BCUT2D eigenvalue weighted by atomic mass is 10.1. The Balaban J connectivity index is 1.90. The van der Waals surface area contributed by atoms with Crippen molar-refractivity contribution >= 4 is 9.84 Å². The van der Waals surface area contributed by atoms with E-state index in [1.807, 2.05) is 37.3 Å². The predicted molar refractivity (Wildman–Crippen MR) is 71.2 cm³/mol. The van der Waals surface area contributed by atoms with Gasteiger partial charge >= 0.3 is 0 Å². The van der Waals surface area contributed by atoms with Crippen molar-refractivity contribution in [3.63, 3.8) is 0 Å². The van der Waals surface area contributed by atoms with Gasteiger partial charge in [-0.3, -0.25) is 0 Å². The van der Waals surface area contributed by atoms with Gasteiger partial charge in [-0.15, -0.1) is 0 Å². The number of sulfone groups is 1. The molecule has 1 aliphatic heterocycles. The van der Waals surface area contributed by atoms with E-state index in [1.165, 1.54) is 5.56 Å². The number of hydrogen-bond acceptors (Lipinski definition) is 4. The first-order valence-corrected chi connectivity index (χ1v) is 7.97. The van der Waals surface area contributed by atoms with Crippen LogP contribution in [0.1, 0.15) is 12.5 Å². The third kappa shape index (κ3) is 3.54. The predicted octanol–water partition coefficient (Wildman–Crippen LogP) is 0.365. The van der Waals surface area contributed by atoms with Gasteiger partial charge in [0.25, 0.3) is 0 Å². The standard InChI is InChI=1S/C13H19NO3S/c1-10(7-11-5-3-2-4-6-11)14-12-8-18(16,17)9-13(12)15/h2-6,10,12-15H,7-9H2,1H3. The second-order valence-corrected chi connectivity index (χ2v) is 7.16. The average molecular weight is 269 g/mol. The van der Waals surface area contributed by atoms with Gasteiger partial charge in [-0.2, -0.15) is 0 Å². The van der Waals surface area contributed by atoms with Crippen LogP contribution in [-0.4, -0.2) is 43.2 Å². The maximum absolute atomic E-state index is 11.4.